The molecule has 0 aliphatic carbocycles. The van der Waals surface area contributed by atoms with Crippen LogP contribution in [0.15, 0.2) is 54.7 Å². The van der Waals surface area contributed by atoms with E-state index in [9.17, 15) is 9.90 Å². The topological polar surface area (TPSA) is 98.6 Å². The third kappa shape index (κ3) is 4.00. The molecule has 0 bridgehead atoms. The van der Waals surface area contributed by atoms with E-state index in [1.165, 1.54) is 0 Å². The van der Waals surface area contributed by atoms with Gasteiger partial charge in [0.2, 0.25) is 5.95 Å². The van der Waals surface area contributed by atoms with Crippen molar-refractivity contribution in [3.63, 3.8) is 0 Å². The number of aliphatic hydroxyl groups excluding tert-OH is 2. The number of fused-ring (bicyclic) bond motifs is 1. The number of rotatable bonds is 7. The van der Waals surface area contributed by atoms with Crippen molar-refractivity contribution in [1.82, 2.24) is 14.9 Å². The van der Waals surface area contributed by atoms with Crippen LogP contribution in [0.1, 0.15) is 27.5 Å². The third-order valence-corrected chi connectivity index (χ3v) is 5.31. The molecule has 1 aromatic heterocycles. The van der Waals surface area contributed by atoms with E-state index < -0.39 is 6.04 Å². The van der Waals surface area contributed by atoms with E-state index in [1.807, 2.05) is 30.3 Å². The summed E-state index contributed by atoms with van der Waals surface area (Å²) < 4.78 is 0. The molecule has 1 aliphatic rings. The summed E-state index contributed by atoms with van der Waals surface area (Å²) in [6, 6.07) is 14.1. The first kappa shape index (κ1) is 20.3. The number of hydrogen-bond acceptors (Lipinski definition) is 6. The minimum Gasteiger partial charge on any atom is -0.395 e. The number of amides is 1. The van der Waals surface area contributed by atoms with Gasteiger partial charge in [-0.3, -0.25) is 4.79 Å². The molecule has 2 aromatic carbocycles. The molecule has 30 heavy (non-hydrogen) atoms. The highest BCUT2D eigenvalue weighted by Gasteiger charge is 2.33. The fraction of sp³-hybridized carbons (Fsp3) is 0.227. The lowest BCUT2D eigenvalue weighted by atomic mass is 10.0. The average molecular weight is 425 g/mol. The molecule has 4 rings (SSSR count). The summed E-state index contributed by atoms with van der Waals surface area (Å²) in [6.07, 6.45) is 1.63. The Morgan fingerprint density at radius 2 is 2.03 bits per heavy atom. The summed E-state index contributed by atoms with van der Waals surface area (Å²) in [5, 5.41) is 22.4. The van der Waals surface area contributed by atoms with Crippen molar-refractivity contribution in [3.8, 4) is 11.3 Å². The average Bonchev–Trinajstić information content (AvgIpc) is 3.09. The summed E-state index contributed by atoms with van der Waals surface area (Å²) >= 11 is 6.10. The van der Waals surface area contributed by atoms with E-state index in [2.05, 4.69) is 15.3 Å². The minimum atomic E-state index is -0.472. The van der Waals surface area contributed by atoms with Gasteiger partial charge in [0, 0.05) is 35.4 Å². The second-order valence-corrected chi connectivity index (χ2v) is 7.41. The minimum absolute atomic E-state index is 0.0184. The van der Waals surface area contributed by atoms with Crippen LogP contribution in [0.4, 0.5) is 5.95 Å². The number of anilines is 1. The highest BCUT2D eigenvalue weighted by molar-refractivity contribution is 6.30. The van der Waals surface area contributed by atoms with Gasteiger partial charge >= 0.3 is 0 Å². The van der Waals surface area contributed by atoms with Crippen molar-refractivity contribution in [2.24, 2.45) is 0 Å². The Bertz CT molecular complexity index is 1080. The van der Waals surface area contributed by atoms with E-state index in [0.717, 1.165) is 16.7 Å². The van der Waals surface area contributed by atoms with E-state index in [-0.39, 0.29) is 19.1 Å². The fourth-order valence-corrected chi connectivity index (χ4v) is 3.80. The molecule has 1 unspecified atom stereocenters. The molecule has 0 saturated carbocycles. The van der Waals surface area contributed by atoms with Gasteiger partial charge in [-0.1, -0.05) is 35.9 Å². The van der Waals surface area contributed by atoms with Crippen LogP contribution in [-0.4, -0.2) is 50.7 Å². The summed E-state index contributed by atoms with van der Waals surface area (Å²) in [4.78, 5) is 23.4. The molecular weight excluding hydrogens is 404 g/mol. The van der Waals surface area contributed by atoms with Crippen molar-refractivity contribution in [2.75, 3.05) is 25.1 Å². The lowest BCUT2D eigenvalue weighted by Gasteiger charge is -2.26. The first-order valence-corrected chi connectivity index (χ1v) is 9.97. The Hall–Kier alpha value is -3.00. The molecule has 7 nitrogen and oxygen atoms in total. The zero-order chi connectivity index (χ0) is 21.1. The van der Waals surface area contributed by atoms with Crippen molar-refractivity contribution in [2.45, 2.75) is 12.6 Å². The number of nitrogens with one attached hydrogen (secondary N) is 1. The summed E-state index contributed by atoms with van der Waals surface area (Å²) in [6.45, 7) is 0.556. The third-order valence-electron chi connectivity index (χ3n) is 5.07. The van der Waals surface area contributed by atoms with Gasteiger partial charge in [0.05, 0.1) is 24.9 Å². The molecule has 1 amide bonds. The lowest BCUT2D eigenvalue weighted by molar-refractivity contribution is 0.0615. The van der Waals surface area contributed by atoms with Crippen LogP contribution in [0.25, 0.3) is 11.3 Å². The lowest BCUT2D eigenvalue weighted by Crippen LogP contribution is -2.31. The van der Waals surface area contributed by atoms with Gasteiger partial charge in [0.15, 0.2) is 0 Å². The van der Waals surface area contributed by atoms with Crippen LogP contribution in [-0.2, 0) is 6.54 Å². The molecule has 8 heteroatoms. The molecule has 154 valence electrons. The van der Waals surface area contributed by atoms with Crippen molar-refractivity contribution in [1.29, 1.82) is 0 Å². The molecular formula is C22H21ClN4O3. The number of halogens is 1. The molecule has 0 saturated heterocycles. The molecule has 3 aromatic rings. The van der Waals surface area contributed by atoms with Crippen molar-refractivity contribution >= 4 is 23.5 Å². The number of nitrogens with zero attached hydrogens (tertiary/aromatic N) is 3. The Kier molecular flexibility index (Phi) is 5.94. The maximum absolute atomic E-state index is 13.2. The van der Waals surface area contributed by atoms with Gasteiger partial charge in [-0.15, -0.1) is 0 Å². The van der Waals surface area contributed by atoms with Crippen molar-refractivity contribution < 1.29 is 15.0 Å². The normalized spacial score (nSPS) is 14.0. The molecule has 2 heterocycles. The number of carbonyl (C=O) groups excluding carboxylic acids is 1. The number of aromatic nitrogens is 2. The second-order valence-electron chi connectivity index (χ2n) is 6.97. The summed E-state index contributed by atoms with van der Waals surface area (Å²) in [7, 11) is 0. The first-order valence-electron chi connectivity index (χ1n) is 9.59. The van der Waals surface area contributed by atoms with Gasteiger partial charge in [0.1, 0.15) is 0 Å². The maximum Gasteiger partial charge on any atom is 0.255 e. The molecule has 0 spiro atoms. The van der Waals surface area contributed by atoms with E-state index >= 15 is 0 Å². The second kappa shape index (κ2) is 8.79. The highest BCUT2D eigenvalue weighted by Crippen LogP contribution is 2.34. The van der Waals surface area contributed by atoms with Crippen LogP contribution in [0.5, 0.6) is 0 Å². The van der Waals surface area contributed by atoms with Gasteiger partial charge in [-0.25, -0.2) is 9.97 Å². The maximum atomic E-state index is 13.2. The van der Waals surface area contributed by atoms with Crippen LogP contribution >= 0.6 is 11.6 Å². The smallest absolute Gasteiger partial charge is 0.255 e. The van der Waals surface area contributed by atoms with Crippen LogP contribution in [0.2, 0.25) is 5.02 Å². The van der Waals surface area contributed by atoms with E-state index in [1.54, 1.807) is 29.3 Å². The Labute approximate surface area is 179 Å². The SMILES string of the molecule is O=C1c2cc(-c3ccnc(NCCO)n3)ccc2CN1C(CO)c1cccc(Cl)c1. The predicted octanol–water partition coefficient (Wildman–Crippen LogP) is 2.89. The molecule has 3 N–H and O–H groups in total. The Morgan fingerprint density at radius 3 is 2.80 bits per heavy atom. The molecule has 1 atom stereocenters. The summed E-state index contributed by atoms with van der Waals surface area (Å²) in [5.41, 5.74) is 3.75. The first-order chi connectivity index (χ1) is 14.6. The highest BCUT2D eigenvalue weighted by atomic mass is 35.5. The fourth-order valence-electron chi connectivity index (χ4n) is 3.60. The number of carbonyl (C=O) groups is 1. The zero-order valence-electron chi connectivity index (χ0n) is 16.1. The van der Waals surface area contributed by atoms with Crippen LogP contribution < -0.4 is 5.32 Å². The van der Waals surface area contributed by atoms with Gasteiger partial charge in [-0.05, 0) is 35.4 Å². The standard InChI is InChI=1S/C22H21ClN4O3/c23-17-3-1-2-15(10-17)20(13-29)27-12-16-5-4-14(11-18(16)21(27)30)19-6-7-24-22(26-19)25-8-9-28/h1-7,10-11,20,28-29H,8-9,12-13H2,(H,24,25,26). The monoisotopic (exact) mass is 424 g/mol. The quantitative estimate of drug-likeness (QED) is 0.539. The Balaban J connectivity index is 1.62. The molecule has 0 fully saturated rings. The van der Waals surface area contributed by atoms with Gasteiger partial charge < -0.3 is 20.4 Å². The van der Waals surface area contributed by atoms with Gasteiger partial charge in [-0.2, -0.15) is 0 Å². The largest absolute Gasteiger partial charge is 0.395 e. The van der Waals surface area contributed by atoms with Gasteiger partial charge in [0.25, 0.3) is 5.91 Å². The molecule has 1 aliphatic heterocycles. The number of benzene rings is 2. The Morgan fingerprint density at radius 1 is 1.17 bits per heavy atom. The van der Waals surface area contributed by atoms with E-state index in [0.29, 0.717) is 35.3 Å². The summed E-state index contributed by atoms with van der Waals surface area (Å²) in [5.74, 6) is 0.273. The number of aliphatic hydroxyl groups is 2. The zero-order valence-corrected chi connectivity index (χ0v) is 16.9. The predicted molar refractivity (Wildman–Crippen MR) is 114 cm³/mol. The van der Waals surface area contributed by atoms with E-state index in [4.69, 9.17) is 16.7 Å². The van der Waals surface area contributed by atoms with Crippen LogP contribution in [0, 0.1) is 0 Å². The van der Waals surface area contributed by atoms with Crippen LogP contribution in [0.3, 0.4) is 0 Å². The number of hydrogen-bond donors (Lipinski definition) is 3. The van der Waals surface area contributed by atoms with Crippen molar-refractivity contribution in [3.05, 3.63) is 76.4 Å². The molecule has 0 radical (unpaired) electrons.